The van der Waals surface area contributed by atoms with Crippen LogP contribution >= 0.6 is 0 Å². The molecule has 2 fully saturated rings. The number of nitrogens with one attached hydrogen (secondary N) is 1. The van der Waals surface area contributed by atoms with E-state index in [9.17, 15) is 4.79 Å². The third kappa shape index (κ3) is 2.81. The summed E-state index contributed by atoms with van der Waals surface area (Å²) in [5.74, 6) is 0.265. The van der Waals surface area contributed by atoms with E-state index in [2.05, 4.69) is 10.4 Å². The predicted octanol–water partition coefficient (Wildman–Crippen LogP) is 0.972. The SMILES string of the molecule is Cc1nn(C)cc1CN1CCCC(NC2CC2)C1=O. The van der Waals surface area contributed by atoms with Gasteiger partial charge in [-0.2, -0.15) is 5.10 Å². The Morgan fingerprint density at radius 3 is 2.84 bits per heavy atom. The molecule has 5 heteroatoms. The van der Waals surface area contributed by atoms with Gasteiger partial charge >= 0.3 is 0 Å². The van der Waals surface area contributed by atoms with Crippen molar-refractivity contribution >= 4 is 5.91 Å². The summed E-state index contributed by atoms with van der Waals surface area (Å²) in [5, 5.41) is 7.81. The summed E-state index contributed by atoms with van der Waals surface area (Å²) < 4.78 is 1.82. The maximum Gasteiger partial charge on any atom is 0.240 e. The highest BCUT2D eigenvalue weighted by Crippen LogP contribution is 2.23. The first-order chi connectivity index (χ1) is 9.13. The molecule has 5 nitrogen and oxygen atoms in total. The van der Waals surface area contributed by atoms with Crippen molar-refractivity contribution in [3.05, 3.63) is 17.5 Å². The van der Waals surface area contributed by atoms with E-state index in [1.807, 2.05) is 29.7 Å². The molecule has 1 aromatic heterocycles. The highest BCUT2D eigenvalue weighted by molar-refractivity contribution is 5.82. The molecule has 0 radical (unpaired) electrons. The monoisotopic (exact) mass is 262 g/mol. The topological polar surface area (TPSA) is 50.2 Å². The summed E-state index contributed by atoms with van der Waals surface area (Å²) in [7, 11) is 1.92. The van der Waals surface area contributed by atoms with E-state index >= 15 is 0 Å². The first kappa shape index (κ1) is 12.7. The number of amides is 1. The Bertz CT molecular complexity index is 478. The van der Waals surface area contributed by atoms with E-state index < -0.39 is 0 Å². The molecular weight excluding hydrogens is 240 g/mol. The van der Waals surface area contributed by atoms with Gasteiger partial charge < -0.3 is 10.2 Å². The van der Waals surface area contributed by atoms with Crippen LogP contribution in [0.1, 0.15) is 36.9 Å². The molecule has 19 heavy (non-hydrogen) atoms. The molecule has 1 amide bonds. The standard InChI is InChI=1S/C14H22N4O/c1-10-11(8-17(2)16-10)9-18-7-3-4-13(14(18)19)15-12-5-6-12/h8,12-13,15H,3-7,9H2,1-2H3. The molecule has 2 aliphatic rings. The van der Waals surface area contributed by atoms with E-state index in [4.69, 9.17) is 0 Å². The van der Waals surface area contributed by atoms with Gasteiger partial charge in [0.1, 0.15) is 0 Å². The average Bonchev–Trinajstić information content (AvgIpc) is 3.11. The molecular formula is C14H22N4O. The zero-order chi connectivity index (χ0) is 13.4. The van der Waals surface area contributed by atoms with Crippen LogP contribution in [-0.2, 0) is 18.4 Å². The molecule has 1 saturated heterocycles. The molecule has 2 heterocycles. The van der Waals surface area contributed by atoms with Crippen molar-refractivity contribution in [2.24, 2.45) is 7.05 Å². The molecule has 1 saturated carbocycles. The van der Waals surface area contributed by atoms with E-state index in [1.165, 1.54) is 12.8 Å². The fourth-order valence-corrected chi connectivity index (χ4v) is 2.80. The Balaban J connectivity index is 1.66. The number of carbonyl (C=O) groups is 1. The molecule has 1 aliphatic carbocycles. The third-order valence-corrected chi connectivity index (χ3v) is 4.02. The van der Waals surface area contributed by atoms with Crippen LogP contribution in [0.25, 0.3) is 0 Å². The summed E-state index contributed by atoms with van der Waals surface area (Å²) in [4.78, 5) is 14.4. The van der Waals surface area contributed by atoms with Crippen molar-refractivity contribution < 1.29 is 4.79 Å². The van der Waals surface area contributed by atoms with E-state index in [1.54, 1.807) is 0 Å². The second-order valence-corrected chi connectivity index (χ2v) is 5.81. The maximum absolute atomic E-state index is 12.4. The third-order valence-electron chi connectivity index (χ3n) is 4.02. The van der Waals surface area contributed by atoms with Crippen LogP contribution in [0.5, 0.6) is 0 Å². The summed E-state index contributed by atoms with van der Waals surface area (Å²) >= 11 is 0. The molecule has 0 aromatic carbocycles. The number of nitrogens with zero attached hydrogens (tertiary/aromatic N) is 3. The Morgan fingerprint density at radius 1 is 1.42 bits per heavy atom. The van der Waals surface area contributed by atoms with Crippen LogP contribution in [-0.4, -0.2) is 39.2 Å². The van der Waals surface area contributed by atoms with Gasteiger partial charge in [-0.1, -0.05) is 0 Å². The van der Waals surface area contributed by atoms with Crippen molar-refractivity contribution in [1.29, 1.82) is 0 Å². The van der Waals surface area contributed by atoms with Crippen molar-refractivity contribution in [3.8, 4) is 0 Å². The van der Waals surface area contributed by atoms with Gasteiger partial charge in [-0.3, -0.25) is 9.48 Å². The second kappa shape index (κ2) is 4.96. The number of carbonyl (C=O) groups excluding carboxylic acids is 1. The summed E-state index contributed by atoms with van der Waals surface area (Å²) in [6.07, 6.45) is 6.55. The molecule has 1 unspecified atom stereocenters. The van der Waals surface area contributed by atoms with E-state index in [0.29, 0.717) is 12.6 Å². The molecule has 1 aromatic rings. The number of piperidine rings is 1. The highest BCUT2D eigenvalue weighted by Gasteiger charge is 2.33. The van der Waals surface area contributed by atoms with Crippen molar-refractivity contribution in [1.82, 2.24) is 20.0 Å². The fourth-order valence-electron chi connectivity index (χ4n) is 2.80. The van der Waals surface area contributed by atoms with E-state index in [0.717, 1.165) is 30.6 Å². The van der Waals surface area contributed by atoms with Gasteiger partial charge in [-0.25, -0.2) is 0 Å². The Labute approximate surface area is 114 Å². The fraction of sp³-hybridized carbons (Fsp3) is 0.714. The van der Waals surface area contributed by atoms with Crippen LogP contribution in [0.15, 0.2) is 6.20 Å². The minimum Gasteiger partial charge on any atom is -0.337 e. The summed E-state index contributed by atoms with van der Waals surface area (Å²) in [6.45, 7) is 3.57. The van der Waals surface area contributed by atoms with Gasteiger partial charge in [0.2, 0.25) is 5.91 Å². The lowest BCUT2D eigenvalue weighted by molar-refractivity contribution is -0.136. The van der Waals surface area contributed by atoms with Gasteiger partial charge in [0, 0.05) is 37.9 Å². The molecule has 1 N–H and O–H groups in total. The quantitative estimate of drug-likeness (QED) is 0.879. The number of hydrogen-bond acceptors (Lipinski definition) is 3. The first-order valence-electron chi connectivity index (χ1n) is 7.17. The molecule has 0 bridgehead atoms. The molecule has 3 rings (SSSR count). The Morgan fingerprint density at radius 2 is 2.21 bits per heavy atom. The lowest BCUT2D eigenvalue weighted by atomic mass is 10.0. The number of aryl methyl sites for hydroxylation is 2. The van der Waals surface area contributed by atoms with Gasteiger partial charge in [-0.15, -0.1) is 0 Å². The number of aromatic nitrogens is 2. The van der Waals surface area contributed by atoms with Crippen LogP contribution in [0.2, 0.25) is 0 Å². The highest BCUT2D eigenvalue weighted by atomic mass is 16.2. The van der Waals surface area contributed by atoms with Gasteiger partial charge in [-0.05, 0) is 32.6 Å². The lowest BCUT2D eigenvalue weighted by Gasteiger charge is -2.32. The summed E-state index contributed by atoms with van der Waals surface area (Å²) in [6, 6.07) is 0.632. The Hall–Kier alpha value is -1.36. The largest absolute Gasteiger partial charge is 0.337 e. The van der Waals surface area contributed by atoms with Crippen molar-refractivity contribution in [2.45, 2.75) is 51.2 Å². The molecule has 0 spiro atoms. The minimum absolute atomic E-state index is 0.0400. The van der Waals surface area contributed by atoms with Crippen molar-refractivity contribution in [2.75, 3.05) is 6.54 Å². The number of hydrogen-bond donors (Lipinski definition) is 1. The first-order valence-corrected chi connectivity index (χ1v) is 7.17. The van der Waals surface area contributed by atoms with Gasteiger partial charge in [0.05, 0.1) is 11.7 Å². The minimum atomic E-state index is 0.0400. The molecule has 1 aliphatic heterocycles. The molecule has 1 atom stereocenters. The van der Waals surface area contributed by atoms with Crippen LogP contribution in [0.4, 0.5) is 0 Å². The number of rotatable bonds is 4. The van der Waals surface area contributed by atoms with Crippen molar-refractivity contribution in [3.63, 3.8) is 0 Å². The predicted molar refractivity (Wildman–Crippen MR) is 72.5 cm³/mol. The second-order valence-electron chi connectivity index (χ2n) is 5.81. The van der Waals surface area contributed by atoms with Crippen LogP contribution in [0.3, 0.4) is 0 Å². The smallest absolute Gasteiger partial charge is 0.240 e. The average molecular weight is 262 g/mol. The van der Waals surface area contributed by atoms with Crippen LogP contribution in [0, 0.1) is 6.92 Å². The molecule has 104 valence electrons. The van der Waals surface area contributed by atoms with Gasteiger partial charge in [0.15, 0.2) is 0 Å². The van der Waals surface area contributed by atoms with E-state index in [-0.39, 0.29) is 11.9 Å². The maximum atomic E-state index is 12.4. The number of likely N-dealkylation sites (tertiary alicyclic amines) is 1. The lowest BCUT2D eigenvalue weighted by Crippen LogP contribution is -2.50. The normalized spacial score (nSPS) is 24.0. The summed E-state index contributed by atoms with van der Waals surface area (Å²) in [5.41, 5.74) is 2.18. The van der Waals surface area contributed by atoms with Gasteiger partial charge in [0.25, 0.3) is 0 Å². The zero-order valence-corrected chi connectivity index (χ0v) is 11.7. The zero-order valence-electron chi connectivity index (χ0n) is 11.7. The Kier molecular flexibility index (Phi) is 3.31. The van der Waals surface area contributed by atoms with Crippen LogP contribution < -0.4 is 5.32 Å².